The maximum Gasteiger partial charge on any atom is 0.274 e. The molecular formula is C18H15N3O5S. The quantitative estimate of drug-likeness (QED) is 0.696. The van der Waals surface area contributed by atoms with Crippen LogP contribution in [0.2, 0.25) is 0 Å². The van der Waals surface area contributed by atoms with Gasteiger partial charge in [-0.05, 0) is 29.1 Å². The fourth-order valence-corrected chi connectivity index (χ4v) is 3.23. The highest BCUT2D eigenvalue weighted by Gasteiger charge is 2.22. The van der Waals surface area contributed by atoms with Gasteiger partial charge in [0, 0.05) is 6.54 Å². The van der Waals surface area contributed by atoms with E-state index in [9.17, 15) is 9.90 Å². The van der Waals surface area contributed by atoms with E-state index < -0.39 is 11.7 Å². The minimum absolute atomic E-state index is 0.0540. The van der Waals surface area contributed by atoms with Crippen LogP contribution in [-0.2, 0) is 6.54 Å². The summed E-state index contributed by atoms with van der Waals surface area (Å²) in [6, 6.07) is 9.07. The first kappa shape index (κ1) is 17.1. The van der Waals surface area contributed by atoms with E-state index in [4.69, 9.17) is 14.2 Å². The van der Waals surface area contributed by atoms with Gasteiger partial charge in [-0.1, -0.05) is 12.1 Å². The van der Waals surface area contributed by atoms with Crippen molar-refractivity contribution in [1.29, 1.82) is 0 Å². The summed E-state index contributed by atoms with van der Waals surface area (Å²) in [5, 5.41) is 14.9. The van der Waals surface area contributed by atoms with Gasteiger partial charge in [0.1, 0.15) is 0 Å². The van der Waals surface area contributed by atoms with E-state index in [0.29, 0.717) is 17.3 Å². The number of aromatic nitrogens is 2. The largest absolute Gasteiger partial charge is 0.501 e. The van der Waals surface area contributed by atoms with E-state index in [2.05, 4.69) is 15.3 Å². The first-order chi connectivity index (χ1) is 13.2. The number of carbonyl (C=O) groups is 1. The first-order valence-corrected chi connectivity index (χ1v) is 8.89. The molecule has 2 aromatic heterocycles. The Labute approximate surface area is 158 Å². The molecule has 0 fully saturated rings. The van der Waals surface area contributed by atoms with Gasteiger partial charge in [-0.15, -0.1) is 11.3 Å². The van der Waals surface area contributed by atoms with Gasteiger partial charge in [-0.3, -0.25) is 4.79 Å². The molecule has 0 atom stereocenters. The lowest BCUT2D eigenvalue weighted by Gasteiger charge is -2.10. The van der Waals surface area contributed by atoms with E-state index in [0.717, 1.165) is 10.4 Å². The Morgan fingerprint density at radius 2 is 2.15 bits per heavy atom. The molecule has 1 aromatic carbocycles. The molecular weight excluding hydrogens is 370 g/mol. The number of hydrogen-bond donors (Lipinski definition) is 2. The van der Waals surface area contributed by atoms with Gasteiger partial charge in [0.25, 0.3) is 11.8 Å². The van der Waals surface area contributed by atoms with Crippen molar-refractivity contribution in [3.05, 3.63) is 47.0 Å². The number of amides is 1. The Morgan fingerprint density at radius 1 is 1.30 bits per heavy atom. The molecule has 0 unspecified atom stereocenters. The minimum atomic E-state index is -0.538. The van der Waals surface area contributed by atoms with Crippen molar-refractivity contribution < 1.29 is 24.1 Å². The number of nitrogens with zero attached hydrogens (tertiary/aromatic N) is 2. The van der Waals surface area contributed by atoms with Crippen molar-refractivity contribution in [2.45, 2.75) is 6.54 Å². The summed E-state index contributed by atoms with van der Waals surface area (Å²) in [6.07, 6.45) is 0. The third-order valence-corrected chi connectivity index (χ3v) is 4.76. The number of nitrogens with one attached hydrogen (secondary N) is 1. The lowest BCUT2D eigenvalue weighted by atomic mass is 10.2. The Hall–Kier alpha value is -3.33. The third-order valence-electron chi connectivity index (χ3n) is 3.89. The summed E-state index contributed by atoms with van der Waals surface area (Å²) in [5.41, 5.74) is 0.678. The summed E-state index contributed by atoms with van der Waals surface area (Å²) in [6.45, 7) is 0.417. The summed E-state index contributed by atoms with van der Waals surface area (Å²) in [5.74, 6) is 0.622. The van der Waals surface area contributed by atoms with E-state index in [1.165, 1.54) is 18.4 Å². The second kappa shape index (κ2) is 7.12. The van der Waals surface area contributed by atoms with Crippen molar-refractivity contribution in [3.8, 4) is 33.8 Å². The maximum absolute atomic E-state index is 12.6. The highest BCUT2D eigenvalue weighted by atomic mass is 32.1. The highest BCUT2D eigenvalue weighted by molar-refractivity contribution is 7.13. The Kier molecular flexibility index (Phi) is 4.51. The zero-order chi connectivity index (χ0) is 18.8. The first-order valence-electron chi connectivity index (χ1n) is 8.01. The van der Waals surface area contributed by atoms with Crippen LogP contribution in [0.25, 0.3) is 10.7 Å². The normalized spacial score (nSPS) is 12.0. The van der Waals surface area contributed by atoms with Crippen LogP contribution in [0, 0.1) is 0 Å². The maximum atomic E-state index is 12.6. The summed E-state index contributed by atoms with van der Waals surface area (Å²) < 4.78 is 15.7. The number of thiophene rings is 1. The number of aromatic hydroxyl groups is 1. The van der Waals surface area contributed by atoms with E-state index in [-0.39, 0.29) is 24.9 Å². The van der Waals surface area contributed by atoms with Gasteiger partial charge in [0.05, 0.1) is 12.0 Å². The van der Waals surface area contributed by atoms with Crippen LogP contribution in [0.4, 0.5) is 0 Å². The van der Waals surface area contributed by atoms with Crippen LogP contribution in [0.5, 0.6) is 23.1 Å². The number of hydrogen-bond acceptors (Lipinski definition) is 8. The molecule has 1 amide bonds. The molecule has 0 saturated heterocycles. The molecule has 27 heavy (non-hydrogen) atoms. The Balaban J connectivity index is 1.56. The van der Waals surface area contributed by atoms with Crippen LogP contribution < -0.4 is 19.5 Å². The molecule has 1 aliphatic rings. The molecule has 138 valence electrons. The fraction of sp³-hybridized carbons (Fsp3) is 0.167. The SMILES string of the molecule is COc1nc(-c2cccs2)nc(C(=O)NCc2ccc3c(c2)OCO3)c1O. The number of rotatable bonds is 5. The topological polar surface area (TPSA) is 103 Å². The molecule has 3 heterocycles. The van der Waals surface area contributed by atoms with Gasteiger partial charge in [0.2, 0.25) is 12.5 Å². The van der Waals surface area contributed by atoms with Crippen molar-refractivity contribution in [2.24, 2.45) is 0 Å². The van der Waals surface area contributed by atoms with Gasteiger partial charge in [-0.25, -0.2) is 4.98 Å². The van der Waals surface area contributed by atoms with E-state index >= 15 is 0 Å². The molecule has 0 saturated carbocycles. The predicted octanol–water partition coefficient (Wildman–Crippen LogP) is 2.58. The third kappa shape index (κ3) is 3.36. The smallest absolute Gasteiger partial charge is 0.274 e. The molecule has 1 aliphatic heterocycles. The molecule has 0 spiro atoms. The van der Waals surface area contributed by atoms with E-state index in [1.54, 1.807) is 12.1 Å². The molecule has 8 nitrogen and oxygen atoms in total. The summed E-state index contributed by atoms with van der Waals surface area (Å²) in [7, 11) is 1.37. The zero-order valence-corrected chi connectivity index (χ0v) is 15.1. The highest BCUT2D eigenvalue weighted by Crippen LogP contribution is 2.33. The number of methoxy groups -OCH3 is 1. The molecule has 4 rings (SSSR count). The van der Waals surface area contributed by atoms with Gasteiger partial charge in [0.15, 0.2) is 23.0 Å². The zero-order valence-electron chi connectivity index (χ0n) is 14.3. The molecule has 2 N–H and O–H groups in total. The average Bonchev–Trinajstić information content (AvgIpc) is 3.37. The van der Waals surface area contributed by atoms with Crippen molar-refractivity contribution in [1.82, 2.24) is 15.3 Å². The van der Waals surface area contributed by atoms with Crippen molar-refractivity contribution in [3.63, 3.8) is 0 Å². The number of fused-ring (bicyclic) bond motifs is 1. The standard InChI is InChI=1S/C18H15N3O5S/c1-24-18-15(22)14(20-16(21-18)13-3-2-6-27-13)17(23)19-8-10-4-5-11-12(7-10)26-9-25-11/h2-7,22H,8-9H2,1H3,(H,19,23). The Morgan fingerprint density at radius 3 is 2.93 bits per heavy atom. The molecule has 0 radical (unpaired) electrons. The van der Waals surface area contributed by atoms with Crippen molar-refractivity contribution >= 4 is 17.2 Å². The predicted molar refractivity (Wildman–Crippen MR) is 97.3 cm³/mol. The second-order valence-corrected chi connectivity index (χ2v) is 6.55. The second-order valence-electron chi connectivity index (χ2n) is 5.60. The van der Waals surface area contributed by atoms with Crippen LogP contribution >= 0.6 is 11.3 Å². The average molecular weight is 385 g/mol. The monoisotopic (exact) mass is 385 g/mol. The van der Waals surface area contributed by atoms with E-state index in [1.807, 2.05) is 23.6 Å². The Bertz CT molecular complexity index is 991. The van der Waals surface area contributed by atoms with Gasteiger partial charge in [-0.2, -0.15) is 4.98 Å². The molecule has 3 aromatic rings. The van der Waals surface area contributed by atoms with Gasteiger partial charge >= 0.3 is 0 Å². The van der Waals surface area contributed by atoms with Crippen molar-refractivity contribution in [2.75, 3.05) is 13.9 Å². The summed E-state index contributed by atoms with van der Waals surface area (Å²) in [4.78, 5) is 21.7. The van der Waals surface area contributed by atoms with Gasteiger partial charge < -0.3 is 24.6 Å². The van der Waals surface area contributed by atoms with Crippen LogP contribution in [0.1, 0.15) is 16.1 Å². The molecule has 0 bridgehead atoms. The minimum Gasteiger partial charge on any atom is -0.501 e. The lowest BCUT2D eigenvalue weighted by Crippen LogP contribution is -2.24. The molecule has 0 aliphatic carbocycles. The van der Waals surface area contributed by atoms with Crippen LogP contribution in [0.15, 0.2) is 35.7 Å². The number of benzene rings is 1. The fourth-order valence-electron chi connectivity index (χ4n) is 2.57. The molecule has 9 heteroatoms. The van der Waals surface area contributed by atoms with Crippen LogP contribution in [0.3, 0.4) is 0 Å². The summed E-state index contributed by atoms with van der Waals surface area (Å²) >= 11 is 1.42. The number of carbonyl (C=O) groups excluding carboxylic acids is 1. The lowest BCUT2D eigenvalue weighted by molar-refractivity contribution is 0.0942. The van der Waals surface area contributed by atoms with Crippen LogP contribution in [-0.4, -0.2) is 34.9 Å². The number of ether oxygens (including phenoxy) is 3.